The fourth-order valence-corrected chi connectivity index (χ4v) is 5.09. The lowest BCUT2D eigenvalue weighted by molar-refractivity contribution is -0.136. The van der Waals surface area contributed by atoms with Crippen molar-refractivity contribution in [1.29, 1.82) is 0 Å². The van der Waals surface area contributed by atoms with E-state index in [0.717, 1.165) is 53.7 Å². The first-order valence-corrected chi connectivity index (χ1v) is 11.6. The summed E-state index contributed by atoms with van der Waals surface area (Å²) in [7, 11) is 0. The van der Waals surface area contributed by atoms with Crippen molar-refractivity contribution in [1.82, 2.24) is 9.80 Å². The van der Waals surface area contributed by atoms with E-state index in [1.54, 1.807) is 11.0 Å². The van der Waals surface area contributed by atoms with E-state index in [9.17, 15) is 14.4 Å². The smallest absolute Gasteiger partial charge is 0.294 e. The van der Waals surface area contributed by atoms with Crippen LogP contribution in [0.25, 0.3) is 6.08 Å². The summed E-state index contributed by atoms with van der Waals surface area (Å²) in [4.78, 5) is 43.4. The number of likely N-dealkylation sites (tertiary alicyclic amines) is 1. The second kappa shape index (κ2) is 8.84. The van der Waals surface area contributed by atoms with Crippen LogP contribution in [0.2, 0.25) is 0 Å². The van der Waals surface area contributed by atoms with Gasteiger partial charge < -0.3 is 9.80 Å². The Morgan fingerprint density at radius 2 is 1.83 bits per heavy atom. The fraction of sp³-hybridized carbons (Fsp3) is 0.522. The van der Waals surface area contributed by atoms with E-state index >= 15 is 0 Å². The highest BCUT2D eigenvalue weighted by molar-refractivity contribution is 8.18. The second-order valence-corrected chi connectivity index (χ2v) is 9.56. The molecular weight excluding hydrogens is 398 g/mol. The van der Waals surface area contributed by atoms with Gasteiger partial charge in [0, 0.05) is 31.9 Å². The Labute approximate surface area is 182 Å². The molecule has 0 bridgehead atoms. The van der Waals surface area contributed by atoms with E-state index in [1.165, 1.54) is 18.5 Å². The predicted octanol–water partition coefficient (Wildman–Crippen LogP) is 3.89. The van der Waals surface area contributed by atoms with Crippen molar-refractivity contribution in [2.24, 2.45) is 5.92 Å². The van der Waals surface area contributed by atoms with E-state index < -0.39 is 0 Å². The minimum atomic E-state index is -0.369. The SMILES string of the molecule is Cc1cc(N2CCCC2)ccc1/C=C1/SC(=O)N(CC(=O)N2CCC(C)CC2)C1=O. The standard InChI is InChI=1S/C23H29N3O3S/c1-16-7-11-25(12-8-16)21(27)15-26-22(28)20(30-23(26)29)14-18-5-6-19(13-17(18)2)24-9-3-4-10-24/h5-6,13-14,16H,3-4,7-12,15H2,1-2H3/b20-14+. The highest BCUT2D eigenvalue weighted by Gasteiger charge is 2.37. The van der Waals surface area contributed by atoms with Crippen molar-refractivity contribution in [2.45, 2.75) is 39.5 Å². The van der Waals surface area contributed by atoms with Crippen LogP contribution in [0.15, 0.2) is 23.1 Å². The summed E-state index contributed by atoms with van der Waals surface area (Å²) in [5.41, 5.74) is 3.21. The first-order valence-electron chi connectivity index (χ1n) is 10.8. The number of rotatable bonds is 4. The molecule has 0 saturated carbocycles. The van der Waals surface area contributed by atoms with Crippen LogP contribution in [-0.2, 0) is 9.59 Å². The van der Waals surface area contributed by atoms with Crippen LogP contribution < -0.4 is 4.90 Å². The summed E-state index contributed by atoms with van der Waals surface area (Å²) < 4.78 is 0. The highest BCUT2D eigenvalue weighted by Crippen LogP contribution is 2.33. The molecule has 30 heavy (non-hydrogen) atoms. The Kier molecular flexibility index (Phi) is 6.18. The van der Waals surface area contributed by atoms with Crippen molar-refractivity contribution >= 4 is 40.6 Å². The monoisotopic (exact) mass is 427 g/mol. The average Bonchev–Trinajstić information content (AvgIpc) is 3.35. The Morgan fingerprint density at radius 3 is 2.50 bits per heavy atom. The summed E-state index contributed by atoms with van der Waals surface area (Å²) in [6.45, 7) is 7.62. The van der Waals surface area contributed by atoms with Gasteiger partial charge >= 0.3 is 0 Å². The van der Waals surface area contributed by atoms with Gasteiger partial charge in [-0.1, -0.05) is 13.0 Å². The van der Waals surface area contributed by atoms with Crippen LogP contribution in [0.1, 0.15) is 43.7 Å². The molecule has 3 aliphatic rings. The van der Waals surface area contributed by atoms with Gasteiger partial charge in [0.25, 0.3) is 11.1 Å². The number of aryl methyl sites for hydroxylation is 1. The van der Waals surface area contributed by atoms with E-state index in [-0.39, 0.29) is 23.6 Å². The molecule has 0 spiro atoms. The maximum Gasteiger partial charge on any atom is 0.294 e. The topological polar surface area (TPSA) is 60.9 Å². The minimum Gasteiger partial charge on any atom is -0.372 e. The number of imide groups is 1. The maximum atomic E-state index is 12.8. The molecular formula is C23H29N3O3S. The molecule has 0 N–H and O–H groups in total. The minimum absolute atomic E-state index is 0.142. The predicted molar refractivity (Wildman–Crippen MR) is 120 cm³/mol. The molecule has 0 atom stereocenters. The van der Waals surface area contributed by atoms with Crippen molar-refractivity contribution in [2.75, 3.05) is 37.6 Å². The Hall–Kier alpha value is -2.28. The average molecular weight is 428 g/mol. The molecule has 160 valence electrons. The van der Waals surface area contributed by atoms with E-state index in [0.29, 0.717) is 23.9 Å². The van der Waals surface area contributed by atoms with Crippen molar-refractivity contribution in [3.8, 4) is 0 Å². The molecule has 0 radical (unpaired) electrons. The fourth-order valence-electron chi connectivity index (χ4n) is 4.26. The van der Waals surface area contributed by atoms with Crippen LogP contribution in [0.5, 0.6) is 0 Å². The summed E-state index contributed by atoms with van der Waals surface area (Å²) >= 11 is 0.921. The van der Waals surface area contributed by atoms with E-state index in [1.807, 2.05) is 13.0 Å². The first kappa shape index (κ1) is 21.0. The lowest BCUT2D eigenvalue weighted by Crippen LogP contribution is -2.45. The van der Waals surface area contributed by atoms with Crippen molar-refractivity contribution < 1.29 is 14.4 Å². The summed E-state index contributed by atoms with van der Waals surface area (Å²) in [5.74, 6) is 0.109. The lowest BCUT2D eigenvalue weighted by Gasteiger charge is -2.31. The molecule has 3 saturated heterocycles. The zero-order chi connectivity index (χ0) is 21.3. The number of anilines is 1. The van der Waals surface area contributed by atoms with Gasteiger partial charge in [-0.25, -0.2) is 0 Å². The largest absolute Gasteiger partial charge is 0.372 e. The Balaban J connectivity index is 1.44. The molecule has 0 unspecified atom stereocenters. The number of hydrogen-bond acceptors (Lipinski definition) is 5. The second-order valence-electron chi connectivity index (χ2n) is 8.57. The van der Waals surface area contributed by atoms with Crippen LogP contribution in [0, 0.1) is 12.8 Å². The zero-order valence-corrected chi connectivity index (χ0v) is 18.5. The van der Waals surface area contributed by atoms with E-state index in [4.69, 9.17) is 0 Å². The van der Waals surface area contributed by atoms with Crippen LogP contribution in [0.4, 0.5) is 10.5 Å². The van der Waals surface area contributed by atoms with Crippen LogP contribution in [-0.4, -0.2) is 59.6 Å². The van der Waals surface area contributed by atoms with Gasteiger partial charge in [-0.3, -0.25) is 19.3 Å². The molecule has 6 nitrogen and oxygen atoms in total. The molecule has 4 rings (SSSR count). The van der Waals surface area contributed by atoms with Crippen LogP contribution in [0.3, 0.4) is 0 Å². The third-order valence-electron chi connectivity index (χ3n) is 6.31. The number of carbonyl (C=O) groups excluding carboxylic acids is 3. The molecule has 1 aromatic carbocycles. The van der Waals surface area contributed by atoms with Gasteiger partial charge in [-0.05, 0) is 79.6 Å². The molecule has 3 amide bonds. The normalized spacial score (nSPS) is 21.9. The number of amides is 3. The molecule has 0 aromatic heterocycles. The van der Waals surface area contributed by atoms with Crippen molar-refractivity contribution in [3.63, 3.8) is 0 Å². The number of piperidine rings is 1. The van der Waals surface area contributed by atoms with Gasteiger partial charge in [0.1, 0.15) is 6.54 Å². The number of carbonyl (C=O) groups is 3. The molecule has 3 aliphatic heterocycles. The summed E-state index contributed by atoms with van der Waals surface area (Å²) in [6, 6.07) is 6.23. The van der Waals surface area contributed by atoms with Gasteiger partial charge in [0.05, 0.1) is 4.91 Å². The molecule has 3 fully saturated rings. The summed E-state index contributed by atoms with van der Waals surface area (Å²) in [5, 5.41) is -0.365. The lowest BCUT2D eigenvalue weighted by atomic mass is 9.99. The maximum absolute atomic E-state index is 12.8. The van der Waals surface area contributed by atoms with Gasteiger partial charge in [0.2, 0.25) is 5.91 Å². The third-order valence-corrected chi connectivity index (χ3v) is 7.22. The number of nitrogens with zero attached hydrogens (tertiary/aromatic N) is 3. The number of thioether (sulfide) groups is 1. The molecule has 3 heterocycles. The number of hydrogen-bond donors (Lipinski definition) is 0. The van der Waals surface area contributed by atoms with Gasteiger partial charge in [0.15, 0.2) is 0 Å². The van der Waals surface area contributed by atoms with Crippen LogP contribution >= 0.6 is 11.8 Å². The van der Waals surface area contributed by atoms with Gasteiger partial charge in [-0.2, -0.15) is 0 Å². The van der Waals surface area contributed by atoms with Gasteiger partial charge in [-0.15, -0.1) is 0 Å². The molecule has 1 aromatic rings. The Bertz CT molecular complexity index is 884. The summed E-state index contributed by atoms with van der Waals surface area (Å²) in [6.07, 6.45) is 6.17. The number of benzene rings is 1. The van der Waals surface area contributed by atoms with E-state index in [2.05, 4.69) is 24.0 Å². The first-order chi connectivity index (χ1) is 14.4. The van der Waals surface area contributed by atoms with Crippen molar-refractivity contribution in [3.05, 3.63) is 34.2 Å². The molecule has 7 heteroatoms. The quantitative estimate of drug-likeness (QED) is 0.682. The Morgan fingerprint density at radius 1 is 1.13 bits per heavy atom. The third kappa shape index (κ3) is 4.41. The zero-order valence-electron chi connectivity index (χ0n) is 17.7. The molecule has 0 aliphatic carbocycles. The highest BCUT2D eigenvalue weighted by atomic mass is 32.2.